The number of rotatable bonds is 4. The van der Waals surface area contributed by atoms with Crippen molar-refractivity contribution in [2.45, 2.75) is 57.1 Å². The molecule has 0 unspecified atom stereocenters. The van der Waals surface area contributed by atoms with Gasteiger partial charge < -0.3 is 15.7 Å². The van der Waals surface area contributed by atoms with Crippen LogP contribution in [0.3, 0.4) is 0 Å². The molecule has 0 radical (unpaired) electrons. The highest BCUT2D eigenvalue weighted by molar-refractivity contribution is 5.74. The fourth-order valence-corrected chi connectivity index (χ4v) is 2.77. The van der Waals surface area contributed by atoms with Gasteiger partial charge in [-0.05, 0) is 43.4 Å². The summed E-state index contributed by atoms with van der Waals surface area (Å²) in [5.74, 6) is -0.268. The molecule has 0 spiro atoms. The number of carbonyl (C=O) groups excluding carboxylic acids is 1. The molecule has 0 aromatic heterocycles. The predicted octanol–water partition coefficient (Wildman–Crippen LogP) is 2.71. The van der Waals surface area contributed by atoms with Gasteiger partial charge in [-0.2, -0.15) is 0 Å². The van der Waals surface area contributed by atoms with Crippen molar-refractivity contribution in [3.63, 3.8) is 0 Å². The van der Waals surface area contributed by atoms with E-state index in [1.165, 1.54) is 12.1 Å². The Morgan fingerprint density at radius 2 is 2.00 bits per heavy atom. The van der Waals surface area contributed by atoms with Crippen molar-refractivity contribution in [2.75, 3.05) is 6.54 Å². The third-order valence-corrected chi connectivity index (χ3v) is 4.33. The molecule has 1 fully saturated rings. The summed E-state index contributed by atoms with van der Waals surface area (Å²) in [6, 6.07) is 6.39. The molecule has 0 atom stereocenters. The van der Waals surface area contributed by atoms with Crippen LogP contribution in [-0.2, 0) is 5.41 Å². The van der Waals surface area contributed by atoms with E-state index < -0.39 is 0 Å². The van der Waals surface area contributed by atoms with E-state index in [4.69, 9.17) is 0 Å². The van der Waals surface area contributed by atoms with E-state index in [0.717, 1.165) is 31.2 Å². The van der Waals surface area contributed by atoms with Gasteiger partial charge in [0.15, 0.2) is 0 Å². The van der Waals surface area contributed by atoms with Gasteiger partial charge in [0.2, 0.25) is 0 Å². The smallest absolute Gasteiger partial charge is 0.315 e. The highest BCUT2D eigenvalue weighted by atomic mass is 19.1. The first kappa shape index (κ1) is 16.7. The van der Waals surface area contributed by atoms with Crippen LogP contribution in [0.2, 0.25) is 0 Å². The molecule has 4 nitrogen and oxygen atoms in total. The molecule has 1 aliphatic rings. The van der Waals surface area contributed by atoms with E-state index in [1.807, 2.05) is 19.9 Å². The van der Waals surface area contributed by atoms with Crippen molar-refractivity contribution in [3.8, 4) is 0 Å². The van der Waals surface area contributed by atoms with Crippen LogP contribution >= 0.6 is 0 Å². The lowest BCUT2D eigenvalue weighted by molar-refractivity contribution is 0.117. The van der Waals surface area contributed by atoms with Gasteiger partial charge in [-0.3, -0.25) is 0 Å². The standard InChI is InChI=1S/C17H25FN2O2/c1-17(2,12-4-3-5-13(18)10-12)11-19-16(22)20-14-6-8-15(21)9-7-14/h3-5,10,14-15,21H,6-9,11H2,1-2H3,(H2,19,20,22). The molecular weight excluding hydrogens is 283 g/mol. The van der Waals surface area contributed by atoms with Crippen LogP contribution in [0.25, 0.3) is 0 Å². The van der Waals surface area contributed by atoms with Gasteiger partial charge in [0.25, 0.3) is 0 Å². The van der Waals surface area contributed by atoms with Crippen LogP contribution in [0, 0.1) is 5.82 Å². The number of aliphatic hydroxyl groups excluding tert-OH is 1. The second-order valence-electron chi connectivity index (χ2n) is 6.73. The molecule has 0 bridgehead atoms. The molecule has 0 saturated heterocycles. The number of halogens is 1. The van der Waals surface area contributed by atoms with Crippen molar-refractivity contribution in [2.24, 2.45) is 0 Å². The van der Waals surface area contributed by atoms with Gasteiger partial charge in [0, 0.05) is 18.0 Å². The minimum Gasteiger partial charge on any atom is -0.393 e. The summed E-state index contributed by atoms with van der Waals surface area (Å²) in [5.41, 5.74) is 0.510. The molecular formula is C17H25FN2O2. The third kappa shape index (κ3) is 4.70. The largest absolute Gasteiger partial charge is 0.393 e. The van der Waals surface area contributed by atoms with Crippen LogP contribution in [0.4, 0.5) is 9.18 Å². The zero-order valence-corrected chi connectivity index (χ0v) is 13.2. The fraction of sp³-hybridized carbons (Fsp3) is 0.588. The predicted molar refractivity (Wildman–Crippen MR) is 84.2 cm³/mol. The molecule has 1 aliphatic carbocycles. The molecule has 1 saturated carbocycles. The van der Waals surface area contributed by atoms with Crippen molar-refractivity contribution in [3.05, 3.63) is 35.6 Å². The SMILES string of the molecule is CC(C)(CNC(=O)NC1CCC(O)CC1)c1cccc(F)c1. The highest BCUT2D eigenvalue weighted by Crippen LogP contribution is 2.23. The molecule has 5 heteroatoms. The molecule has 0 heterocycles. The molecule has 2 amide bonds. The lowest BCUT2D eigenvalue weighted by Crippen LogP contribution is -2.47. The second-order valence-corrected chi connectivity index (χ2v) is 6.73. The Balaban J connectivity index is 1.82. The lowest BCUT2D eigenvalue weighted by Gasteiger charge is -2.28. The Labute approximate surface area is 131 Å². The number of nitrogens with one attached hydrogen (secondary N) is 2. The molecule has 2 rings (SSSR count). The summed E-state index contributed by atoms with van der Waals surface area (Å²) in [7, 11) is 0. The van der Waals surface area contributed by atoms with Crippen molar-refractivity contribution in [1.29, 1.82) is 0 Å². The highest BCUT2D eigenvalue weighted by Gasteiger charge is 2.24. The summed E-state index contributed by atoms with van der Waals surface area (Å²) < 4.78 is 13.3. The van der Waals surface area contributed by atoms with E-state index in [0.29, 0.717) is 6.54 Å². The minimum absolute atomic E-state index is 0.126. The van der Waals surface area contributed by atoms with Gasteiger partial charge in [0.1, 0.15) is 5.82 Å². The van der Waals surface area contributed by atoms with Crippen LogP contribution < -0.4 is 10.6 Å². The monoisotopic (exact) mass is 308 g/mol. The normalized spacial score (nSPS) is 22.2. The van der Waals surface area contributed by atoms with Crippen molar-refractivity contribution < 1.29 is 14.3 Å². The molecule has 1 aromatic carbocycles. The Kier molecular flexibility index (Phi) is 5.40. The van der Waals surface area contributed by atoms with E-state index in [-0.39, 0.29) is 29.4 Å². The van der Waals surface area contributed by atoms with Crippen LogP contribution in [0.1, 0.15) is 45.1 Å². The van der Waals surface area contributed by atoms with E-state index >= 15 is 0 Å². The van der Waals surface area contributed by atoms with Crippen LogP contribution in [0.15, 0.2) is 24.3 Å². The lowest BCUT2D eigenvalue weighted by atomic mass is 9.84. The van der Waals surface area contributed by atoms with Gasteiger partial charge in [-0.1, -0.05) is 26.0 Å². The number of carbonyl (C=O) groups is 1. The number of hydrogen-bond donors (Lipinski definition) is 3. The number of amides is 2. The summed E-state index contributed by atoms with van der Waals surface area (Å²) in [4.78, 5) is 12.0. The van der Waals surface area contributed by atoms with Crippen molar-refractivity contribution in [1.82, 2.24) is 10.6 Å². The first-order valence-corrected chi connectivity index (χ1v) is 7.85. The topological polar surface area (TPSA) is 61.4 Å². The summed E-state index contributed by atoms with van der Waals surface area (Å²) in [6.45, 7) is 4.37. The third-order valence-electron chi connectivity index (χ3n) is 4.33. The Morgan fingerprint density at radius 3 is 2.64 bits per heavy atom. The molecule has 1 aromatic rings. The first-order valence-electron chi connectivity index (χ1n) is 7.85. The van der Waals surface area contributed by atoms with Crippen LogP contribution in [-0.4, -0.2) is 29.8 Å². The number of hydrogen-bond acceptors (Lipinski definition) is 2. The van der Waals surface area contributed by atoms with E-state index in [1.54, 1.807) is 6.07 Å². The quantitative estimate of drug-likeness (QED) is 0.801. The zero-order valence-electron chi connectivity index (χ0n) is 13.2. The van der Waals surface area contributed by atoms with Gasteiger partial charge in [-0.25, -0.2) is 9.18 Å². The minimum atomic E-state index is -0.345. The summed E-state index contributed by atoms with van der Waals surface area (Å²) in [6.07, 6.45) is 2.86. The van der Waals surface area contributed by atoms with Gasteiger partial charge >= 0.3 is 6.03 Å². The van der Waals surface area contributed by atoms with E-state index in [9.17, 15) is 14.3 Å². The Morgan fingerprint density at radius 1 is 1.32 bits per heavy atom. The maximum atomic E-state index is 13.3. The second kappa shape index (κ2) is 7.09. The van der Waals surface area contributed by atoms with Gasteiger partial charge in [0.05, 0.1) is 6.10 Å². The average molecular weight is 308 g/mol. The molecule has 0 aliphatic heterocycles. The number of aliphatic hydroxyl groups is 1. The number of urea groups is 1. The van der Waals surface area contributed by atoms with E-state index in [2.05, 4.69) is 10.6 Å². The number of benzene rings is 1. The fourth-order valence-electron chi connectivity index (χ4n) is 2.77. The van der Waals surface area contributed by atoms with Crippen molar-refractivity contribution >= 4 is 6.03 Å². The first-order chi connectivity index (χ1) is 10.4. The maximum absolute atomic E-state index is 13.3. The maximum Gasteiger partial charge on any atom is 0.315 e. The molecule has 22 heavy (non-hydrogen) atoms. The van der Waals surface area contributed by atoms with Gasteiger partial charge in [-0.15, -0.1) is 0 Å². The summed E-state index contributed by atoms with van der Waals surface area (Å²) >= 11 is 0. The summed E-state index contributed by atoms with van der Waals surface area (Å²) in [5, 5.41) is 15.3. The zero-order chi connectivity index (χ0) is 16.2. The average Bonchev–Trinajstić information content (AvgIpc) is 2.48. The van der Waals surface area contributed by atoms with Crippen LogP contribution in [0.5, 0.6) is 0 Å². The Hall–Kier alpha value is -1.62. The molecule has 3 N–H and O–H groups in total. The molecule has 122 valence electrons. The Bertz CT molecular complexity index is 511.